The van der Waals surface area contributed by atoms with Gasteiger partial charge in [0.25, 0.3) is 5.69 Å². The van der Waals surface area contributed by atoms with Crippen molar-refractivity contribution in [3.05, 3.63) is 63.7 Å². The third-order valence-corrected chi connectivity index (χ3v) is 2.92. The van der Waals surface area contributed by atoms with Gasteiger partial charge in [0.15, 0.2) is 5.78 Å². The third-order valence-electron chi connectivity index (χ3n) is 2.92. The molecule has 0 radical (unpaired) electrons. The van der Waals surface area contributed by atoms with Gasteiger partial charge in [0, 0.05) is 35.2 Å². The molecule has 2 aromatic carbocycles. The molecule has 2 aromatic rings. The van der Waals surface area contributed by atoms with Crippen LogP contribution in [0.15, 0.2) is 47.5 Å². The number of phenolic OH excluding ortho intramolecular Hbond substituents is 1. The van der Waals surface area contributed by atoms with Crippen molar-refractivity contribution in [2.24, 2.45) is 4.99 Å². The highest BCUT2D eigenvalue weighted by Gasteiger charge is 2.09. The lowest BCUT2D eigenvalue weighted by Crippen LogP contribution is -2.03. The van der Waals surface area contributed by atoms with Gasteiger partial charge in [0.1, 0.15) is 12.3 Å². The minimum atomic E-state index is -0.573. The molecule has 0 unspecified atom stereocenters. The second-order valence-corrected chi connectivity index (χ2v) is 4.52. The van der Waals surface area contributed by atoms with E-state index in [0.717, 1.165) is 0 Å². The van der Waals surface area contributed by atoms with E-state index in [1.807, 2.05) is 0 Å². The first kappa shape index (κ1) is 15.2. The van der Waals surface area contributed by atoms with Crippen molar-refractivity contribution in [3.63, 3.8) is 0 Å². The SMILES string of the molecule is Nc1ccc(C(=O)CN=Cc2cc([N+](=O)[O-])ccc2O)cc1. The van der Waals surface area contributed by atoms with Crippen LogP contribution in [-0.2, 0) is 0 Å². The molecule has 22 heavy (non-hydrogen) atoms. The van der Waals surface area contributed by atoms with Crippen molar-refractivity contribution in [3.8, 4) is 5.75 Å². The van der Waals surface area contributed by atoms with E-state index < -0.39 is 4.92 Å². The zero-order valence-electron chi connectivity index (χ0n) is 11.5. The number of anilines is 1. The molecule has 7 nitrogen and oxygen atoms in total. The number of non-ortho nitro benzene ring substituents is 1. The summed E-state index contributed by atoms with van der Waals surface area (Å²) in [6.07, 6.45) is 1.23. The van der Waals surface area contributed by atoms with Gasteiger partial charge in [-0.2, -0.15) is 0 Å². The van der Waals surface area contributed by atoms with Gasteiger partial charge >= 0.3 is 0 Å². The fraction of sp³-hybridized carbons (Fsp3) is 0.0667. The number of aliphatic imine (C=N–C) groups is 1. The average Bonchev–Trinajstić information content (AvgIpc) is 2.49. The number of rotatable bonds is 5. The van der Waals surface area contributed by atoms with Crippen LogP contribution in [-0.4, -0.2) is 28.6 Å². The molecule has 2 rings (SSSR count). The Balaban J connectivity index is 2.09. The Bertz CT molecular complexity index is 739. The van der Waals surface area contributed by atoms with E-state index in [0.29, 0.717) is 11.3 Å². The molecule has 0 aromatic heterocycles. The summed E-state index contributed by atoms with van der Waals surface area (Å²) in [4.78, 5) is 25.9. The largest absolute Gasteiger partial charge is 0.507 e. The second-order valence-electron chi connectivity index (χ2n) is 4.52. The summed E-state index contributed by atoms with van der Waals surface area (Å²) >= 11 is 0. The van der Waals surface area contributed by atoms with Gasteiger partial charge in [-0.05, 0) is 30.3 Å². The molecular weight excluding hydrogens is 286 g/mol. The van der Waals surface area contributed by atoms with E-state index in [2.05, 4.69) is 4.99 Å². The molecule has 0 spiro atoms. The minimum Gasteiger partial charge on any atom is -0.507 e. The first-order chi connectivity index (χ1) is 10.5. The number of aromatic hydroxyl groups is 1. The standard InChI is InChI=1S/C15H13N3O4/c16-12-3-1-10(2-4-12)15(20)9-17-8-11-7-13(18(21)22)5-6-14(11)19/h1-8,19H,9,16H2. The molecule has 0 fully saturated rings. The van der Waals surface area contributed by atoms with Crippen molar-refractivity contribution in [2.75, 3.05) is 12.3 Å². The van der Waals surface area contributed by atoms with Crippen molar-refractivity contribution in [2.45, 2.75) is 0 Å². The third kappa shape index (κ3) is 3.66. The zero-order chi connectivity index (χ0) is 16.1. The summed E-state index contributed by atoms with van der Waals surface area (Å²) in [6.45, 7) is -0.133. The Labute approximate surface area is 125 Å². The number of hydrogen-bond donors (Lipinski definition) is 2. The number of nitrogen functional groups attached to an aromatic ring is 1. The van der Waals surface area contributed by atoms with Crippen LogP contribution in [0.25, 0.3) is 0 Å². The summed E-state index contributed by atoms with van der Waals surface area (Å²) < 4.78 is 0. The van der Waals surface area contributed by atoms with Crippen molar-refractivity contribution in [1.29, 1.82) is 0 Å². The van der Waals surface area contributed by atoms with Crippen LogP contribution in [0.5, 0.6) is 5.75 Å². The predicted molar refractivity (Wildman–Crippen MR) is 82.4 cm³/mol. The molecule has 0 saturated carbocycles. The Morgan fingerprint density at radius 2 is 1.95 bits per heavy atom. The molecule has 0 aliphatic carbocycles. The highest BCUT2D eigenvalue weighted by molar-refractivity contribution is 5.99. The van der Waals surface area contributed by atoms with E-state index in [9.17, 15) is 20.0 Å². The van der Waals surface area contributed by atoms with Gasteiger partial charge < -0.3 is 10.8 Å². The van der Waals surface area contributed by atoms with Gasteiger partial charge in [-0.15, -0.1) is 0 Å². The van der Waals surface area contributed by atoms with E-state index >= 15 is 0 Å². The number of nitro groups is 1. The van der Waals surface area contributed by atoms with E-state index in [4.69, 9.17) is 5.73 Å². The summed E-state index contributed by atoms with van der Waals surface area (Å²) in [7, 11) is 0. The van der Waals surface area contributed by atoms with Crippen LogP contribution >= 0.6 is 0 Å². The molecule has 0 bridgehead atoms. The maximum Gasteiger partial charge on any atom is 0.270 e. The lowest BCUT2D eigenvalue weighted by atomic mass is 10.1. The lowest BCUT2D eigenvalue weighted by molar-refractivity contribution is -0.384. The van der Waals surface area contributed by atoms with Crippen molar-refractivity contribution in [1.82, 2.24) is 0 Å². The minimum absolute atomic E-state index is 0.133. The molecule has 0 heterocycles. The van der Waals surface area contributed by atoms with E-state index in [1.54, 1.807) is 24.3 Å². The maximum atomic E-state index is 11.9. The first-order valence-corrected chi connectivity index (χ1v) is 6.33. The zero-order valence-corrected chi connectivity index (χ0v) is 11.5. The first-order valence-electron chi connectivity index (χ1n) is 6.33. The highest BCUT2D eigenvalue weighted by atomic mass is 16.6. The Kier molecular flexibility index (Phi) is 4.47. The number of nitrogens with zero attached hydrogens (tertiary/aromatic N) is 2. The maximum absolute atomic E-state index is 11.9. The summed E-state index contributed by atoms with van der Waals surface area (Å²) in [5.41, 5.74) is 6.58. The Morgan fingerprint density at radius 1 is 1.27 bits per heavy atom. The number of Topliss-reactive ketones (excluding diaryl/α,β-unsaturated/α-hetero) is 1. The van der Waals surface area contributed by atoms with Crippen LogP contribution in [0.1, 0.15) is 15.9 Å². The van der Waals surface area contributed by atoms with Crippen LogP contribution < -0.4 is 5.73 Å². The Hall–Kier alpha value is -3.22. The number of hydrogen-bond acceptors (Lipinski definition) is 6. The lowest BCUT2D eigenvalue weighted by Gasteiger charge is -2.00. The summed E-state index contributed by atoms with van der Waals surface area (Å²) in [6, 6.07) is 10.0. The topological polar surface area (TPSA) is 119 Å². The number of nitrogens with two attached hydrogens (primary N) is 1. The van der Waals surface area contributed by atoms with Crippen molar-refractivity contribution < 1.29 is 14.8 Å². The van der Waals surface area contributed by atoms with Gasteiger partial charge in [-0.3, -0.25) is 19.9 Å². The van der Waals surface area contributed by atoms with Gasteiger partial charge in [0.2, 0.25) is 0 Å². The number of nitro benzene ring substituents is 1. The summed E-state index contributed by atoms with van der Waals surface area (Å²) in [5, 5.41) is 20.3. The van der Waals surface area contributed by atoms with Crippen molar-refractivity contribution >= 4 is 23.4 Å². The molecule has 0 saturated heterocycles. The monoisotopic (exact) mass is 299 g/mol. The fourth-order valence-electron chi connectivity index (χ4n) is 1.75. The van der Waals surface area contributed by atoms with Crippen LogP contribution in [0.4, 0.5) is 11.4 Å². The van der Waals surface area contributed by atoms with Gasteiger partial charge in [-0.1, -0.05) is 0 Å². The fourth-order valence-corrected chi connectivity index (χ4v) is 1.75. The Morgan fingerprint density at radius 3 is 2.59 bits per heavy atom. The molecule has 0 amide bonds. The molecule has 0 aliphatic heterocycles. The second kappa shape index (κ2) is 6.49. The van der Waals surface area contributed by atoms with Crippen LogP contribution in [0, 0.1) is 10.1 Å². The number of benzene rings is 2. The number of carbonyl (C=O) groups excluding carboxylic acids is 1. The molecule has 112 valence electrons. The van der Waals surface area contributed by atoms with E-state index in [1.165, 1.54) is 24.4 Å². The number of ketones is 1. The van der Waals surface area contributed by atoms with Gasteiger partial charge in [0.05, 0.1) is 4.92 Å². The normalized spacial score (nSPS) is 10.7. The van der Waals surface area contributed by atoms with Gasteiger partial charge in [-0.25, -0.2) is 0 Å². The average molecular weight is 299 g/mol. The van der Waals surface area contributed by atoms with Crippen LogP contribution in [0.2, 0.25) is 0 Å². The molecule has 3 N–H and O–H groups in total. The molecular formula is C15H13N3O4. The summed E-state index contributed by atoms with van der Waals surface area (Å²) in [5.74, 6) is -0.365. The smallest absolute Gasteiger partial charge is 0.270 e. The molecule has 0 aliphatic rings. The molecule has 0 atom stereocenters. The number of phenols is 1. The number of carbonyl (C=O) groups is 1. The quantitative estimate of drug-likeness (QED) is 0.288. The molecule has 7 heteroatoms. The highest BCUT2D eigenvalue weighted by Crippen LogP contribution is 2.21. The van der Waals surface area contributed by atoms with E-state index in [-0.39, 0.29) is 29.3 Å². The predicted octanol–water partition coefficient (Wildman–Crippen LogP) is 2.18. The van der Waals surface area contributed by atoms with Crippen LogP contribution in [0.3, 0.4) is 0 Å².